The van der Waals surface area contributed by atoms with Gasteiger partial charge in [0.2, 0.25) is 0 Å². The molecule has 3 rings (SSSR count). The van der Waals surface area contributed by atoms with Crippen molar-refractivity contribution in [2.45, 2.75) is 5.75 Å². The van der Waals surface area contributed by atoms with E-state index in [4.69, 9.17) is 0 Å². The first kappa shape index (κ1) is 17.5. The number of anilines is 1. The smallest absolute Gasteiger partial charge is 0.256 e. The highest BCUT2D eigenvalue weighted by atomic mass is 79.9. The molecule has 2 aromatic carbocycles. The molecule has 7 heteroatoms. The highest BCUT2D eigenvalue weighted by Crippen LogP contribution is 2.27. The summed E-state index contributed by atoms with van der Waals surface area (Å²) in [4.78, 5) is 16.9. The zero-order chi connectivity index (χ0) is 16.9. The van der Waals surface area contributed by atoms with E-state index in [1.807, 2.05) is 18.2 Å². The Morgan fingerprint density at radius 2 is 2.17 bits per heavy atom. The monoisotopic (exact) mass is 424 g/mol. The van der Waals surface area contributed by atoms with Crippen molar-refractivity contribution in [2.24, 2.45) is 4.99 Å². The molecule has 0 spiro atoms. The first-order valence-electron chi connectivity index (χ1n) is 7.28. The molecule has 0 aromatic heterocycles. The van der Waals surface area contributed by atoms with E-state index in [1.54, 1.807) is 41.7 Å². The molecule has 1 heterocycles. The fraction of sp³-hybridized carbons (Fsp3) is 0.176. The number of amides is 1. The molecule has 0 radical (unpaired) electrons. The largest absolute Gasteiger partial charge is 0.319 e. The Hall–Kier alpha value is -1.31. The fourth-order valence-electron chi connectivity index (χ4n) is 2.19. The average Bonchev–Trinajstić information content (AvgIpc) is 3.09. The van der Waals surface area contributed by atoms with Crippen LogP contribution in [0.4, 0.5) is 10.1 Å². The molecule has 1 N–H and O–H groups in total. The van der Waals surface area contributed by atoms with Gasteiger partial charge in [0, 0.05) is 21.5 Å². The lowest BCUT2D eigenvalue weighted by Gasteiger charge is -2.11. The Bertz CT molecular complexity index is 798. The highest BCUT2D eigenvalue weighted by molar-refractivity contribution is 9.10. The van der Waals surface area contributed by atoms with Gasteiger partial charge >= 0.3 is 0 Å². The average molecular weight is 425 g/mol. The number of carbonyl (C=O) groups excluding carboxylic acids is 1. The molecule has 0 unspecified atom stereocenters. The minimum absolute atomic E-state index is 0.168. The Morgan fingerprint density at radius 1 is 1.33 bits per heavy atom. The molecular weight excluding hydrogens is 411 g/mol. The van der Waals surface area contributed by atoms with Gasteiger partial charge < -0.3 is 5.32 Å². The minimum atomic E-state index is -0.471. The van der Waals surface area contributed by atoms with E-state index in [0.29, 0.717) is 15.8 Å². The summed E-state index contributed by atoms with van der Waals surface area (Å²) in [6, 6.07) is 11.9. The number of nitrogens with one attached hydrogen (secondary N) is 1. The first-order chi connectivity index (χ1) is 11.6. The molecule has 124 valence electrons. The second-order valence-corrected chi connectivity index (χ2v) is 8.24. The quantitative estimate of drug-likeness (QED) is 0.734. The van der Waals surface area contributed by atoms with Crippen LogP contribution in [0.3, 0.4) is 0 Å². The number of nitrogens with zero attached hydrogens (tertiary/aromatic N) is 1. The standard InChI is InChI=1S/C17H14BrFN2OS2/c18-12-5-6-15(14(19)9-12)21-16(22)13-4-2-1-3-11(13)10-24-17-20-7-8-23-17/h1-6,9H,7-8,10H2,(H,21,22). The summed E-state index contributed by atoms with van der Waals surface area (Å²) in [6.45, 7) is 0.859. The predicted octanol–water partition coefficient (Wildman–Crippen LogP) is 5.18. The van der Waals surface area contributed by atoms with Crippen LogP contribution in [-0.2, 0) is 5.75 Å². The zero-order valence-corrected chi connectivity index (χ0v) is 15.8. The number of hydrogen-bond acceptors (Lipinski definition) is 4. The van der Waals surface area contributed by atoms with E-state index in [1.165, 1.54) is 6.07 Å². The summed E-state index contributed by atoms with van der Waals surface area (Å²) in [5.41, 5.74) is 1.63. The van der Waals surface area contributed by atoms with Gasteiger partial charge in [0.1, 0.15) is 10.2 Å². The third-order valence-electron chi connectivity index (χ3n) is 3.35. The van der Waals surface area contributed by atoms with Gasteiger partial charge in [0.25, 0.3) is 5.91 Å². The van der Waals surface area contributed by atoms with Crippen LogP contribution < -0.4 is 5.32 Å². The highest BCUT2D eigenvalue weighted by Gasteiger charge is 2.15. The van der Waals surface area contributed by atoms with Crippen LogP contribution in [0.25, 0.3) is 0 Å². The SMILES string of the molecule is O=C(Nc1ccc(Br)cc1F)c1ccccc1CSC1=NCCS1. The fourth-order valence-corrected chi connectivity index (χ4v) is 4.54. The van der Waals surface area contributed by atoms with E-state index < -0.39 is 5.82 Å². The summed E-state index contributed by atoms with van der Waals surface area (Å²) in [7, 11) is 0. The lowest BCUT2D eigenvalue weighted by Crippen LogP contribution is -2.15. The van der Waals surface area contributed by atoms with Crippen LogP contribution in [0.1, 0.15) is 15.9 Å². The third-order valence-corrected chi connectivity index (χ3v) is 6.14. The van der Waals surface area contributed by atoms with Crippen molar-refractivity contribution < 1.29 is 9.18 Å². The molecule has 0 saturated heterocycles. The Balaban J connectivity index is 1.74. The van der Waals surface area contributed by atoms with Crippen molar-refractivity contribution >= 4 is 55.4 Å². The normalized spacial score (nSPS) is 13.7. The summed E-state index contributed by atoms with van der Waals surface area (Å²) >= 11 is 6.58. The summed E-state index contributed by atoms with van der Waals surface area (Å²) in [5.74, 6) is 0.903. The number of aliphatic imine (C=N–C) groups is 1. The number of thioether (sulfide) groups is 2. The van der Waals surface area contributed by atoms with Crippen molar-refractivity contribution in [1.82, 2.24) is 0 Å². The predicted molar refractivity (Wildman–Crippen MR) is 105 cm³/mol. The maximum absolute atomic E-state index is 13.9. The number of halogens is 2. The van der Waals surface area contributed by atoms with Gasteiger partial charge in [-0.1, -0.05) is 57.7 Å². The van der Waals surface area contributed by atoms with E-state index >= 15 is 0 Å². The van der Waals surface area contributed by atoms with Gasteiger partial charge in [0.15, 0.2) is 0 Å². The van der Waals surface area contributed by atoms with Crippen LogP contribution in [0, 0.1) is 5.82 Å². The van der Waals surface area contributed by atoms with Crippen LogP contribution in [0.5, 0.6) is 0 Å². The van der Waals surface area contributed by atoms with Gasteiger partial charge in [-0.3, -0.25) is 9.79 Å². The van der Waals surface area contributed by atoms with Crippen LogP contribution in [0.15, 0.2) is 51.9 Å². The summed E-state index contributed by atoms with van der Waals surface area (Å²) in [5, 5.41) is 2.64. The van der Waals surface area contributed by atoms with Crippen molar-refractivity contribution in [3.63, 3.8) is 0 Å². The number of carbonyl (C=O) groups is 1. The number of benzene rings is 2. The topological polar surface area (TPSA) is 41.5 Å². The molecule has 0 saturated carbocycles. The molecule has 0 fully saturated rings. The van der Waals surface area contributed by atoms with E-state index in [0.717, 1.165) is 22.2 Å². The Kier molecular flexibility index (Phi) is 5.97. The van der Waals surface area contributed by atoms with Crippen molar-refractivity contribution in [1.29, 1.82) is 0 Å². The summed E-state index contributed by atoms with van der Waals surface area (Å²) in [6.07, 6.45) is 0. The molecule has 2 aromatic rings. The Labute approximate surface area is 156 Å². The molecule has 0 atom stereocenters. The van der Waals surface area contributed by atoms with E-state index in [2.05, 4.69) is 26.2 Å². The maximum Gasteiger partial charge on any atom is 0.256 e. The van der Waals surface area contributed by atoms with Crippen LogP contribution >= 0.6 is 39.5 Å². The molecule has 1 aliphatic heterocycles. The number of hydrogen-bond donors (Lipinski definition) is 1. The van der Waals surface area contributed by atoms with Gasteiger partial charge in [-0.2, -0.15) is 0 Å². The van der Waals surface area contributed by atoms with Gasteiger partial charge in [-0.15, -0.1) is 0 Å². The maximum atomic E-state index is 13.9. The Morgan fingerprint density at radius 3 is 2.92 bits per heavy atom. The molecule has 24 heavy (non-hydrogen) atoms. The molecular formula is C17H14BrFN2OS2. The molecule has 1 amide bonds. The lowest BCUT2D eigenvalue weighted by molar-refractivity contribution is 0.102. The zero-order valence-electron chi connectivity index (χ0n) is 12.6. The molecule has 1 aliphatic rings. The van der Waals surface area contributed by atoms with E-state index in [9.17, 15) is 9.18 Å². The van der Waals surface area contributed by atoms with Crippen molar-refractivity contribution in [2.75, 3.05) is 17.6 Å². The minimum Gasteiger partial charge on any atom is -0.319 e. The first-order valence-corrected chi connectivity index (χ1v) is 10.0. The number of rotatable bonds is 4. The molecule has 0 bridgehead atoms. The van der Waals surface area contributed by atoms with Gasteiger partial charge in [0.05, 0.1) is 12.2 Å². The third kappa shape index (κ3) is 4.40. The lowest BCUT2D eigenvalue weighted by atomic mass is 10.1. The second-order valence-electron chi connectivity index (χ2n) is 5.02. The van der Waals surface area contributed by atoms with Crippen molar-refractivity contribution in [3.8, 4) is 0 Å². The summed E-state index contributed by atoms with van der Waals surface area (Å²) < 4.78 is 15.6. The van der Waals surface area contributed by atoms with Crippen molar-refractivity contribution in [3.05, 3.63) is 63.9 Å². The van der Waals surface area contributed by atoms with Gasteiger partial charge in [-0.25, -0.2) is 4.39 Å². The van der Waals surface area contributed by atoms with Crippen LogP contribution in [-0.4, -0.2) is 22.6 Å². The van der Waals surface area contributed by atoms with Gasteiger partial charge in [-0.05, 0) is 29.8 Å². The molecule has 0 aliphatic carbocycles. The van der Waals surface area contributed by atoms with Crippen LogP contribution in [0.2, 0.25) is 0 Å². The second kappa shape index (κ2) is 8.18. The molecule has 3 nitrogen and oxygen atoms in total. The van der Waals surface area contributed by atoms with E-state index in [-0.39, 0.29) is 11.6 Å².